The molecule has 0 amide bonds. The molecule has 0 bridgehead atoms. The Kier molecular flexibility index (Phi) is 12.3. The summed E-state index contributed by atoms with van der Waals surface area (Å²) in [5.74, 6) is 0.897. The minimum absolute atomic E-state index is 0.482. The number of aliphatic carboxylic acids is 1. The Balaban J connectivity index is 2.14. The van der Waals surface area contributed by atoms with Gasteiger partial charge in [0.05, 0.1) is 7.11 Å². The molecule has 0 spiro atoms. The van der Waals surface area contributed by atoms with Crippen LogP contribution in [0.15, 0.2) is 24.3 Å². The Labute approximate surface area is 157 Å². The van der Waals surface area contributed by atoms with Crippen LogP contribution in [0.25, 0.3) is 0 Å². The van der Waals surface area contributed by atoms with E-state index in [0.29, 0.717) is 0 Å². The number of rotatable bonds is 15. The average molecular weight is 367 g/mol. The molecule has 1 aromatic carbocycles. The second-order valence-corrected chi connectivity index (χ2v) is 7.76. The van der Waals surface area contributed by atoms with E-state index < -0.39 is 11.2 Å². The maximum absolute atomic E-state index is 11.5. The Hall–Kier alpha value is -1.16. The number of unbranched alkanes of at least 4 members (excludes halogenated alkanes) is 9. The summed E-state index contributed by atoms with van der Waals surface area (Å²) >= 11 is 1.53. The van der Waals surface area contributed by atoms with Gasteiger partial charge in [0.2, 0.25) is 0 Å². The Morgan fingerprint density at radius 1 is 0.960 bits per heavy atom. The SMILES string of the molecule is CCCCCCCCCCCCSC(C(=O)O)c1ccc(OC)cc1. The molecular formula is C21H34O3S. The number of thioether (sulfide) groups is 1. The summed E-state index contributed by atoms with van der Waals surface area (Å²) in [6.45, 7) is 2.25. The lowest BCUT2D eigenvalue weighted by atomic mass is 10.1. The minimum atomic E-state index is -0.762. The summed E-state index contributed by atoms with van der Waals surface area (Å²) in [5, 5.41) is 8.98. The number of ether oxygens (including phenoxy) is 1. The summed E-state index contributed by atoms with van der Waals surface area (Å²) in [4.78, 5) is 11.5. The van der Waals surface area contributed by atoms with Crippen molar-refractivity contribution >= 4 is 17.7 Å². The standard InChI is InChI=1S/C21H34O3S/c1-3-4-5-6-7-8-9-10-11-12-17-25-20(21(22)23)18-13-15-19(24-2)16-14-18/h13-16,20H,3-12,17H2,1-2H3,(H,22,23). The molecule has 0 aliphatic rings. The zero-order valence-electron chi connectivity index (χ0n) is 15.8. The van der Waals surface area contributed by atoms with Crippen LogP contribution in [0.5, 0.6) is 5.75 Å². The molecule has 1 N–H and O–H groups in total. The van der Waals surface area contributed by atoms with E-state index in [0.717, 1.165) is 23.5 Å². The van der Waals surface area contributed by atoms with E-state index in [2.05, 4.69) is 6.92 Å². The average Bonchev–Trinajstić information content (AvgIpc) is 2.62. The monoisotopic (exact) mass is 366 g/mol. The zero-order valence-corrected chi connectivity index (χ0v) is 16.7. The maximum Gasteiger partial charge on any atom is 0.321 e. The highest BCUT2D eigenvalue weighted by Crippen LogP contribution is 2.31. The molecule has 0 heterocycles. The minimum Gasteiger partial charge on any atom is -0.497 e. The number of methoxy groups -OCH3 is 1. The third kappa shape index (κ3) is 9.78. The van der Waals surface area contributed by atoms with E-state index >= 15 is 0 Å². The second-order valence-electron chi connectivity index (χ2n) is 6.54. The molecule has 3 nitrogen and oxygen atoms in total. The van der Waals surface area contributed by atoms with Gasteiger partial charge >= 0.3 is 5.97 Å². The predicted molar refractivity (Wildman–Crippen MR) is 108 cm³/mol. The van der Waals surface area contributed by atoms with Crippen LogP contribution < -0.4 is 4.74 Å². The number of carbonyl (C=O) groups is 1. The molecule has 0 radical (unpaired) electrons. The van der Waals surface area contributed by atoms with Gasteiger partial charge in [0, 0.05) is 0 Å². The van der Waals surface area contributed by atoms with Gasteiger partial charge in [-0.15, -0.1) is 11.8 Å². The summed E-state index contributed by atoms with van der Waals surface area (Å²) in [6, 6.07) is 7.35. The maximum atomic E-state index is 11.5. The first-order valence-corrected chi connectivity index (χ1v) is 10.7. The number of hydrogen-bond acceptors (Lipinski definition) is 3. The first kappa shape index (κ1) is 21.9. The van der Waals surface area contributed by atoms with E-state index in [4.69, 9.17) is 4.74 Å². The third-order valence-electron chi connectivity index (χ3n) is 4.43. The van der Waals surface area contributed by atoms with Gasteiger partial charge in [-0.1, -0.05) is 76.8 Å². The van der Waals surface area contributed by atoms with Gasteiger partial charge in [0.1, 0.15) is 11.0 Å². The second kappa shape index (κ2) is 14.1. The molecule has 0 fully saturated rings. The first-order valence-electron chi connectivity index (χ1n) is 9.67. The Morgan fingerprint density at radius 3 is 1.96 bits per heavy atom. The van der Waals surface area contributed by atoms with Crippen molar-refractivity contribution < 1.29 is 14.6 Å². The smallest absolute Gasteiger partial charge is 0.321 e. The topological polar surface area (TPSA) is 46.5 Å². The van der Waals surface area contributed by atoms with Crippen molar-refractivity contribution in [2.75, 3.05) is 12.9 Å². The summed E-state index contributed by atoms with van der Waals surface area (Å²) in [7, 11) is 1.61. The molecule has 1 unspecified atom stereocenters. The summed E-state index contributed by atoms with van der Waals surface area (Å²) in [6.07, 6.45) is 13.1. The third-order valence-corrected chi connectivity index (χ3v) is 5.76. The quantitative estimate of drug-likeness (QED) is 0.361. The van der Waals surface area contributed by atoms with Crippen molar-refractivity contribution in [3.63, 3.8) is 0 Å². The normalized spacial score (nSPS) is 12.1. The van der Waals surface area contributed by atoms with E-state index in [9.17, 15) is 9.90 Å². The molecule has 1 aromatic rings. The lowest BCUT2D eigenvalue weighted by Gasteiger charge is -2.13. The van der Waals surface area contributed by atoms with E-state index in [-0.39, 0.29) is 0 Å². The number of carboxylic acid groups (broad SMARTS) is 1. The molecule has 0 aliphatic carbocycles. The van der Waals surface area contributed by atoms with Crippen molar-refractivity contribution in [3.05, 3.63) is 29.8 Å². The molecule has 1 atom stereocenters. The van der Waals surface area contributed by atoms with Gasteiger partial charge in [-0.25, -0.2) is 0 Å². The van der Waals surface area contributed by atoms with Gasteiger partial charge in [-0.3, -0.25) is 4.79 Å². The summed E-state index contributed by atoms with van der Waals surface area (Å²) < 4.78 is 5.13. The van der Waals surface area contributed by atoms with Gasteiger partial charge < -0.3 is 9.84 Å². The fourth-order valence-electron chi connectivity index (χ4n) is 2.88. The molecular weight excluding hydrogens is 332 g/mol. The van der Waals surface area contributed by atoms with Crippen LogP contribution in [-0.2, 0) is 4.79 Å². The molecule has 25 heavy (non-hydrogen) atoms. The van der Waals surface area contributed by atoms with Crippen LogP contribution in [0.1, 0.15) is 81.9 Å². The van der Waals surface area contributed by atoms with Gasteiger partial charge in [0.25, 0.3) is 0 Å². The molecule has 4 heteroatoms. The van der Waals surface area contributed by atoms with Crippen LogP contribution >= 0.6 is 11.8 Å². The molecule has 1 rings (SSSR count). The van der Waals surface area contributed by atoms with Crippen molar-refractivity contribution in [3.8, 4) is 5.75 Å². The van der Waals surface area contributed by atoms with E-state index in [1.165, 1.54) is 69.5 Å². The van der Waals surface area contributed by atoms with Crippen LogP contribution in [0.3, 0.4) is 0 Å². The Morgan fingerprint density at radius 2 is 1.48 bits per heavy atom. The zero-order chi connectivity index (χ0) is 18.3. The number of benzene rings is 1. The van der Waals surface area contributed by atoms with Crippen molar-refractivity contribution in [2.24, 2.45) is 0 Å². The van der Waals surface area contributed by atoms with Gasteiger partial charge in [-0.2, -0.15) is 0 Å². The number of hydrogen-bond donors (Lipinski definition) is 1. The molecule has 0 aromatic heterocycles. The lowest BCUT2D eigenvalue weighted by molar-refractivity contribution is -0.136. The van der Waals surface area contributed by atoms with Gasteiger partial charge in [-0.05, 0) is 29.9 Å². The van der Waals surface area contributed by atoms with Crippen LogP contribution in [0.2, 0.25) is 0 Å². The largest absolute Gasteiger partial charge is 0.497 e. The highest BCUT2D eigenvalue weighted by molar-refractivity contribution is 8.00. The highest BCUT2D eigenvalue weighted by atomic mass is 32.2. The van der Waals surface area contributed by atoms with Crippen LogP contribution in [0.4, 0.5) is 0 Å². The van der Waals surface area contributed by atoms with Crippen molar-refractivity contribution in [1.29, 1.82) is 0 Å². The number of carboxylic acids is 1. The Bertz CT molecular complexity index is 459. The van der Waals surface area contributed by atoms with Crippen LogP contribution in [-0.4, -0.2) is 23.9 Å². The van der Waals surface area contributed by atoms with Crippen molar-refractivity contribution in [1.82, 2.24) is 0 Å². The summed E-state index contributed by atoms with van der Waals surface area (Å²) in [5.41, 5.74) is 0.838. The van der Waals surface area contributed by atoms with Crippen molar-refractivity contribution in [2.45, 2.75) is 76.4 Å². The van der Waals surface area contributed by atoms with E-state index in [1.54, 1.807) is 7.11 Å². The molecule has 0 saturated heterocycles. The molecule has 0 saturated carbocycles. The highest BCUT2D eigenvalue weighted by Gasteiger charge is 2.19. The van der Waals surface area contributed by atoms with Gasteiger partial charge in [0.15, 0.2) is 0 Å². The fourth-order valence-corrected chi connectivity index (χ4v) is 3.98. The lowest BCUT2D eigenvalue weighted by Crippen LogP contribution is -2.08. The molecule has 142 valence electrons. The van der Waals surface area contributed by atoms with E-state index in [1.807, 2.05) is 24.3 Å². The predicted octanol–water partition coefficient (Wildman–Crippen LogP) is 6.48. The molecule has 0 aliphatic heterocycles. The first-order chi connectivity index (χ1) is 12.2. The fraction of sp³-hybridized carbons (Fsp3) is 0.667. The van der Waals surface area contributed by atoms with Crippen LogP contribution in [0, 0.1) is 0 Å².